The van der Waals surface area contributed by atoms with Gasteiger partial charge in [0.25, 0.3) is 5.91 Å². The minimum Gasteiger partial charge on any atom is -0.403 e. The van der Waals surface area contributed by atoms with Crippen LogP contribution in [0.2, 0.25) is 0 Å². The summed E-state index contributed by atoms with van der Waals surface area (Å²) in [5.74, 6) is -1.18. The maximum atomic E-state index is 14.6. The summed E-state index contributed by atoms with van der Waals surface area (Å²) in [5.41, 5.74) is -0.485. The Labute approximate surface area is 286 Å². The third-order valence-electron chi connectivity index (χ3n) is 10.3. The van der Waals surface area contributed by atoms with E-state index in [2.05, 4.69) is 24.8 Å². The Morgan fingerprint density at radius 3 is 2.22 bits per heavy atom. The number of halogens is 6. The Bertz CT molecular complexity index is 1840. The lowest BCUT2D eigenvalue weighted by Gasteiger charge is -2.40. The lowest BCUT2D eigenvalue weighted by atomic mass is 9.93. The number of likely N-dealkylation sites (tertiary alicyclic amines) is 2. The van der Waals surface area contributed by atoms with Gasteiger partial charge in [0.2, 0.25) is 0 Å². The number of alkyl halides is 6. The number of aromatic nitrogens is 1. The lowest BCUT2D eigenvalue weighted by molar-refractivity contribution is -0.274. The zero-order valence-electron chi connectivity index (χ0n) is 27.4. The standard InChI is InChI=1S/C38H38F6N4O2/c39-37(40,41)27-12-7-9-25(23-27)33-30(24-47-21-15-28(16-22-47)48-19-5-2-6-20-48)32(29-13-8-14-31(34(29)45-33)50-38(42,43)44)35(49)46-36(17-18-36)26-10-3-1-4-11-26/h1,3-4,7-14,23,28H,2,5-6,15-22,24H2,(H,46,49). The minimum absolute atomic E-state index is 0.00897. The van der Waals surface area contributed by atoms with Gasteiger partial charge in [0.15, 0.2) is 5.75 Å². The van der Waals surface area contributed by atoms with Crippen molar-refractivity contribution in [2.75, 3.05) is 26.2 Å². The number of hydrogen-bond donors (Lipinski definition) is 1. The number of fused-ring (bicyclic) bond motifs is 1. The van der Waals surface area contributed by atoms with Crippen molar-refractivity contribution in [1.29, 1.82) is 0 Å². The molecular weight excluding hydrogens is 658 g/mol. The Balaban J connectivity index is 1.36. The molecule has 1 amide bonds. The highest BCUT2D eigenvalue weighted by Gasteiger charge is 2.46. The molecule has 50 heavy (non-hydrogen) atoms. The Hall–Kier alpha value is -4.16. The van der Waals surface area contributed by atoms with E-state index in [0.717, 1.165) is 49.7 Å². The molecule has 1 aromatic heterocycles. The van der Waals surface area contributed by atoms with E-state index in [9.17, 15) is 31.1 Å². The molecule has 3 fully saturated rings. The average Bonchev–Trinajstić information content (AvgIpc) is 3.88. The number of pyridine rings is 1. The zero-order chi connectivity index (χ0) is 35.1. The fourth-order valence-electron chi connectivity index (χ4n) is 7.60. The van der Waals surface area contributed by atoms with Crippen molar-refractivity contribution in [3.63, 3.8) is 0 Å². The second kappa shape index (κ2) is 13.5. The highest BCUT2D eigenvalue weighted by atomic mass is 19.4. The van der Waals surface area contributed by atoms with Crippen LogP contribution in [-0.2, 0) is 18.3 Å². The highest BCUT2D eigenvalue weighted by molar-refractivity contribution is 6.10. The number of amides is 1. The van der Waals surface area contributed by atoms with Crippen LogP contribution in [0.25, 0.3) is 22.2 Å². The van der Waals surface area contributed by atoms with Crippen LogP contribution in [0, 0.1) is 0 Å². The largest absolute Gasteiger partial charge is 0.573 e. The van der Waals surface area contributed by atoms with Crippen LogP contribution in [0.3, 0.4) is 0 Å². The lowest BCUT2D eigenvalue weighted by Crippen LogP contribution is -2.46. The van der Waals surface area contributed by atoms with Crippen molar-refractivity contribution in [2.45, 2.75) is 75.6 Å². The molecule has 3 aliphatic rings. The number of para-hydroxylation sites is 1. The fourth-order valence-corrected chi connectivity index (χ4v) is 7.60. The second-order valence-corrected chi connectivity index (χ2v) is 13.6. The normalized spacial score (nSPS) is 19.0. The molecule has 3 aromatic carbocycles. The van der Waals surface area contributed by atoms with Crippen molar-refractivity contribution in [2.24, 2.45) is 0 Å². The molecule has 1 saturated carbocycles. The van der Waals surface area contributed by atoms with E-state index < -0.39 is 35.3 Å². The molecule has 7 rings (SSSR count). The maximum Gasteiger partial charge on any atom is 0.573 e. The summed E-state index contributed by atoms with van der Waals surface area (Å²) >= 11 is 0. The summed E-state index contributed by atoms with van der Waals surface area (Å²) in [7, 11) is 0. The molecule has 3 heterocycles. The van der Waals surface area contributed by atoms with Gasteiger partial charge in [0.05, 0.1) is 22.4 Å². The number of ether oxygens (including phenoxy) is 1. The fraction of sp³-hybridized carbons (Fsp3) is 0.421. The first-order valence-corrected chi connectivity index (χ1v) is 17.1. The number of hydrogen-bond acceptors (Lipinski definition) is 5. The summed E-state index contributed by atoms with van der Waals surface area (Å²) < 4.78 is 87.2. The van der Waals surface area contributed by atoms with Crippen LogP contribution >= 0.6 is 0 Å². The summed E-state index contributed by atoms with van der Waals surface area (Å²) in [6.45, 7) is 3.68. The van der Waals surface area contributed by atoms with Gasteiger partial charge in [-0.3, -0.25) is 9.69 Å². The topological polar surface area (TPSA) is 57.7 Å². The number of piperidine rings is 2. The van der Waals surface area contributed by atoms with E-state index in [-0.39, 0.29) is 34.3 Å². The van der Waals surface area contributed by atoms with Crippen molar-refractivity contribution in [3.05, 3.63) is 95.1 Å². The Morgan fingerprint density at radius 1 is 0.860 bits per heavy atom. The molecule has 0 atom stereocenters. The van der Waals surface area contributed by atoms with E-state index >= 15 is 0 Å². The second-order valence-electron chi connectivity index (χ2n) is 13.6. The van der Waals surface area contributed by atoms with Gasteiger partial charge < -0.3 is 15.0 Å². The molecule has 2 saturated heterocycles. The third-order valence-corrected chi connectivity index (χ3v) is 10.3. The van der Waals surface area contributed by atoms with Gasteiger partial charge in [0.1, 0.15) is 5.52 Å². The van der Waals surface area contributed by atoms with Crippen molar-refractivity contribution in [3.8, 4) is 17.0 Å². The number of carbonyl (C=O) groups is 1. The van der Waals surface area contributed by atoms with Gasteiger partial charge >= 0.3 is 12.5 Å². The molecule has 1 aliphatic carbocycles. The van der Waals surface area contributed by atoms with Crippen LogP contribution < -0.4 is 10.1 Å². The van der Waals surface area contributed by atoms with Crippen molar-refractivity contribution < 1.29 is 35.9 Å². The molecule has 12 heteroatoms. The molecule has 0 unspecified atom stereocenters. The van der Waals surface area contributed by atoms with Gasteiger partial charge in [-0.1, -0.05) is 61.0 Å². The van der Waals surface area contributed by atoms with Gasteiger partial charge in [-0.05, 0) is 88.5 Å². The summed E-state index contributed by atoms with van der Waals surface area (Å²) in [5, 5.41) is 3.29. The first-order valence-electron chi connectivity index (χ1n) is 17.1. The smallest absolute Gasteiger partial charge is 0.403 e. The number of nitrogens with one attached hydrogen (secondary N) is 1. The van der Waals surface area contributed by atoms with Gasteiger partial charge in [-0.15, -0.1) is 13.2 Å². The number of nitrogens with zero attached hydrogens (tertiary/aromatic N) is 3. The molecule has 2 aliphatic heterocycles. The Morgan fingerprint density at radius 2 is 1.56 bits per heavy atom. The van der Waals surface area contributed by atoms with Crippen LogP contribution in [0.5, 0.6) is 5.75 Å². The van der Waals surface area contributed by atoms with Crippen molar-refractivity contribution in [1.82, 2.24) is 20.1 Å². The monoisotopic (exact) mass is 696 g/mol. The quantitative estimate of drug-likeness (QED) is 0.187. The van der Waals surface area contributed by atoms with Gasteiger partial charge in [-0.2, -0.15) is 13.2 Å². The summed E-state index contributed by atoms with van der Waals surface area (Å²) in [6, 6.07) is 18.4. The number of benzene rings is 3. The predicted molar refractivity (Wildman–Crippen MR) is 177 cm³/mol. The predicted octanol–water partition coefficient (Wildman–Crippen LogP) is 8.69. The maximum absolute atomic E-state index is 14.6. The van der Waals surface area contributed by atoms with Crippen LogP contribution in [0.15, 0.2) is 72.8 Å². The SMILES string of the molecule is O=C(NC1(c2ccccc2)CC1)c1c(CN2CCC(N3CCCCC3)CC2)c(-c2cccc(C(F)(F)F)c2)nc2c(OC(F)(F)F)cccc12. The number of carbonyl (C=O) groups excluding carboxylic acids is 1. The van der Waals surface area contributed by atoms with E-state index in [1.165, 1.54) is 43.5 Å². The highest BCUT2D eigenvalue weighted by Crippen LogP contribution is 2.46. The molecule has 0 bridgehead atoms. The third kappa shape index (κ3) is 7.32. The van der Waals surface area contributed by atoms with Gasteiger partial charge in [-0.25, -0.2) is 4.98 Å². The number of rotatable bonds is 8. The van der Waals surface area contributed by atoms with Crippen molar-refractivity contribution >= 4 is 16.8 Å². The minimum atomic E-state index is -5.07. The first-order chi connectivity index (χ1) is 23.9. The molecule has 0 radical (unpaired) electrons. The molecule has 4 aromatic rings. The summed E-state index contributed by atoms with van der Waals surface area (Å²) in [4.78, 5) is 23.9. The average molecular weight is 697 g/mol. The van der Waals surface area contributed by atoms with Crippen LogP contribution in [0.1, 0.15) is 72.0 Å². The van der Waals surface area contributed by atoms with Crippen LogP contribution in [0.4, 0.5) is 26.3 Å². The first kappa shape index (κ1) is 34.3. The molecule has 0 spiro atoms. The molecular formula is C38H38F6N4O2. The molecule has 264 valence electrons. The molecule has 6 nitrogen and oxygen atoms in total. The summed E-state index contributed by atoms with van der Waals surface area (Å²) in [6.07, 6.45) is -3.07. The van der Waals surface area contributed by atoms with E-state index in [1.807, 2.05) is 30.3 Å². The van der Waals surface area contributed by atoms with Gasteiger partial charge in [0, 0.05) is 29.1 Å². The van der Waals surface area contributed by atoms with E-state index in [4.69, 9.17) is 0 Å². The van der Waals surface area contributed by atoms with Crippen LogP contribution in [-0.4, -0.2) is 59.3 Å². The van der Waals surface area contributed by atoms with E-state index in [1.54, 1.807) is 0 Å². The van der Waals surface area contributed by atoms with E-state index in [0.29, 0.717) is 37.5 Å². The molecule has 1 N–H and O–H groups in total. The zero-order valence-corrected chi connectivity index (χ0v) is 27.4. The Kier molecular flexibility index (Phi) is 9.27.